The molecule has 0 aliphatic heterocycles. The van der Waals surface area contributed by atoms with Gasteiger partial charge in [0.25, 0.3) is 0 Å². The molecule has 0 aliphatic carbocycles. The Labute approximate surface area is 238 Å². The predicted molar refractivity (Wildman–Crippen MR) is 173 cm³/mol. The van der Waals surface area contributed by atoms with Crippen molar-refractivity contribution < 1.29 is 0 Å². The zero-order chi connectivity index (χ0) is 27.1. The van der Waals surface area contributed by atoms with Gasteiger partial charge in [-0.25, -0.2) is 0 Å². The molecule has 0 fully saturated rings. The lowest BCUT2D eigenvalue weighted by Crippen LogP contribution is -1.96. The van der Waals surface area contributed by atoms with E-state index in [0.717, 1.165) is 11.8 Å². The molecule has 0 saturated heterocycles. The predicted octanol–water partition coefficient (Wildman–Crippen LogP) is 14.4. The second-order valence-corrected chi connectivity index (χ2v) is 13.2. The first-order valence-electron chi connectivity index (χ1n) is 18.2. The minimum atomic E-state index is 0.962. The van der Waals surface area contributed by atoms with Gasteiger partial charge < -0.3 is 0 Å². The Morgan fingerprint density at radius 2 is 0.405 bits per heavy atom. The maximum atomic E-state index is 2.51. The fraction of sp³-hybridized carbons (Fsp3) is 1.00. The topological polar surface area (TPSA) is 0 Å². The molecular formula is C37H76. The van der Waals surface area contributed by atoms with Crippen molar-refractivity contribution in [2.24, 2.45) is 11.8 Å². The van der Waals surface area contributed by atoms with E-state index in [0.29, 0.717) is 0 Å². The quantitative estimate of drug-likeness (QED) is 0.0773. The van der Waals surface area contributed by atoms with Crippen LogP contribution in [0, 0.1) is 11.8 Å². The first-order chi connectivity index (χ1) is 18.2. The van der Waals surface area contributed by atoms with E-state index in [-0.39, 0.29) is 0 Å². The Kier molecular flexibility index (Phi) is 32.2. The van der Waals surface area contributed by atoms with Crippen LogP contribution in [-0.4, -0.2) is 0 Å². The number of hydrogen-bond donors (Lipinski definition) is 0. The van der Waals surface area contributed by atoms with Crippen molar-refractivity contribution in [2.75, 3.05) is 0 Å². The van der Waals surface area contributed by atoms with Crippen LogP contribution in [0.3, 0.4) is 0 Å². The van der Waals surface area contributed by atoms with Crippen LogP contribution in [0.15, 0.2) is 0 Å². The molecule has 2 unspecified atom stereocenters. The number of unbranched alkanes of at least 4 members (excludes halogenated alkanes) is 24. The number of hydrogen-bond acceptors (Lipinski definition) is 0. The van der Waals surface area contributed by atoms with Crippen molar-refractivity contribution >= 4 is 0 Å². The molecule has 37 heavy (non-hydrogen) atoms. The van der Waals surface area contributed by atoms with Crippen molar-refractivity contribution in [1.82, 2.24) is 0 Å². The molecule has 0 heteroatoms. The fourth-order valence-corrected chi connectivity index (χ4v) is 6.12. The smallest absolute Gasteiger partial charge is 0.0443 e. The maximum absolute atomic E-state index is 2.51. The van der Waals surface area contributed by atoms with Gasteiger partial charge in [-0.15, -0.1) is 0 Å². The van der Waals surface area contributed by atoms with Crippen molar-refractivity contribution in [1.29, 1.82) is 0 Å². The van der Waals surface area contributed by atoms with Crippen LogP contribution in [0.25, 0.3) is 0 Å². The third-order valence-corrected chi connectivity index (χ3v) is 8.99. The van der Waals surface area contributed by atoms with Gasteiger partial charge in [0.05, 0.1) is 0 Å². The Morgan fingerprint density at radius 1 is 0.243 bits per heavy atom. The highest BCUT2D eigenvalue weighted by Crippen LogP contribution is 2.21. The van der Waals surface area contributed by atoms with Gasteiger partial charge in [0, 0.05) is 0 Å². The van der Waals surface area contributed by atoms with Crippen molar-refractivity contribution in [2.45, 2.75) is 227 Å². The van der Waals surface area contributed by atoms with Gasteiger partial charge in [0.2, 0.25) is 0 Å². The highest BCUT2D eigenvalue weighted by atomic mass is 14.1. The Balaban J connectivity index is 3.24. The third kappa shape index (κ3) is 32.1. The summed E-state index contributed by atoms with van der Waals surface area (Å²) < 4.78 is 0. The van der Waals surface area contributed by atoms with Crippen LogP contribution in [0.4, 0.5) is 0 Å². The monoisotopic (exact) mass is 521 g/mol. The minimum absolute atomic E-state index is 0.962. The summed E-state index contributed by atoms with van der Waals surface area (Å²) in [5.41, 5.74) is 0. The summed E-state index contributed by atoms with van der Waals surface area (Å²) in [6, 6.07) is 0. The highest BCUT2D eigenvalue weighted by Gasteiger charge is 2.04. The summed E-state index contributed by atoms with van der Waals surface area (Å²) in [6.45, 7) is 9.63. The van der Waals surface area contributed by atoms with Crippen LogP contribution in [-0.2, 0) is 0 Å². The van der Waals surface area contributed by atoms with Crippen molar-refractivity contribution in [3.63, 3.8) is 0 Å². The van der Waals surface area contributed by atoms with Gasteiger partial charge in [-0.2, -0.15) is 0 Å². The molecule has 0 spiro atoms. The Hall–Kier alpha value is 0. The first kappa shape index (κ1) is 37.0. The second kappa shape index (κ2) is 32.2. The van der Waals surface area contributed by atoms with E-state index in [1.165, 1.54) is 199 Å². The van der Waals surface area contributed by atoms with E-state index in [1.807, 2.05) is 0 Å². The van der Waals surface area contributed by atoms with Crippen LogP contribution >= 0.6 is 0 Å². The molecule has 2 atom stereocenters. The number of rotatable bonds is 32. The van der Waals surface area contributed by atoms with Crippen LogP contribution < -0.4 is 0 Å². The van der Waals surface area contributed by atoms with Crippen LogP contribution in [0.2, 0.25) is 0 Å². The molecule has 0 aliphatic rings. The van der Waals surface area contributed by atoms with E-state index < -0.39 is 0 Å². The highest BCUT2D eigenvalue weighted by molar-refractivity contribution is 4.58. The van der Waals surface area contributed by atoms with E-state index in [1.54, 1.807) is 0 Å². The molecule has 0 bridgehead atoms. The molecule has 0 heterocycles. The molecule has 0 saturated carbocycles. The minimum Gasteiger partial charge on any atom is -0.0654 e. The molecule has 224 valence electrons. The fourth-order valence-electron chi connectivity index (χ4n) is 6.12. The van der Waals surface area contributed by atoms with E-state index in [9.17, 15) is 0 Å². The summed E-state index contributed by atoms with van der Waals surface area (Å²) in [5.74, 6) is 1.92. The molecule has 0 aromatic carbocycles. The lowest BCUT2D eigenvalue weighted by atomic mass is 9.94. The normalized spacial score (nSPS) is 13.3. The first-order valence-corrected chi connectivity index (χ1v) is 18.2. The maximum Gasteiger partial charge on any atom is -0.0443 e. The summed E-state index contributed by atoms with van der Waals surface area (Å²) in [5, 5.41) is 0. The van der Waals surface area contributed by atoms with Crippen LogP contribution in [0.5, 0.6) is 0 Å². The summed E-state index contributed by atoms with van der Waals surface area (Å²) >= 11 is 0. The average molecular weight is 521 g/mol. The molecule has 0 rings (SSSR count). The molecule has 0 amide bonds. The molecule has 0 nitrogen and oxygen atoms in total. The average Bonchev–Trinajstić information content (AvgIpc) is 2.89. The SMILES string of the molecule is CCCCCCCCCCCCCCC(C)CCCCCCCC(C)CCCCCCCCCCCC. The van der Waals surface area contributed by atoms with Gasteiger partial charge in [-0.1, -0.05) is 227 Å². The van der Waals surface area contributed by atoms with Gasteiger partial charge in [0.1, 0.15) is 0 Å². The van der Waals surface area contributed by atoms with Gasteiger partial charge >= 0.3 is 0 Å². The third-order valence-electron chi connectivity index (χ3n) is 8.99. The van der Waals surface area contributed by atoms with Gasteiger partial charge in [0.15, 0.2) is 0 Å². The van der Waals surface area contributed by atoms with Crippen molar-refractivity contribution in [3.8, 4) is 0 Å². The molecule has 0 N–H and O–H groups in total. The lowest BCUT2D eigenvalue weighted by molar-refractivity contribution is 0.416. The molecule has 0 radical (unpaired) electrons. The van der Waals surface area contributed by atoms with Crippen molar-refractivity contribution in [3.05, 3.63) is 0 Å². The lowest BCUT2D eigenvalue weighted by Gasteiger charge is -2.12. The zero-order valence-electron chi connectivity index (χ0n) is 27.1. The Morgan fingerprint density at radius 3 is 0.595 bits per heavy atom. The second-order valence-electron chi connectivity index (χ2n) is 13.2. The largest absolute Gasteiger partial charge is 0.0654 e. The Bertz CT molecular complexity index is 385. The summed E-state index contributed by atoms with van der Waals surface area (Å²) in [6.07, 6.45) is 45.6. The van der Waals surface area contributed by atoms with Crippen LogP contribution in [0.1, 0.15) is 227 Å². The molecule has 0 aromatic heterocycles. The van der Waals surface area contributed by atoms with Gasteiger partial charge in [-0.3, -0.25) is 0 Å². The standard InChI is InChI=1S/C37H76/c1-5-7-9-11-13-15-17-18-20-22-25-29-33-37(4)35-31-27-23-26-30-34-36(3)32-28-24-21-19-16-14-12-10-8-6-2/h36-37H,5-35H2,1-4H3. The van der Waals surface area contributed by atoms with E-state index in [4.69, 9.17) is 0 Å². The van der Waals surface area contributed by atoms with Gasteiger partial charge in [-0.05, 0) is 11.8 Å². The van der Waals surface area contributed by atoms with E-state index in [2.05, 4.69) is 27.7 Å². The summed E-state index contributed by atoms with van der Waals surface area (Å²) in [4.78, 5) is 0. The zero-order valence-corrected chi connectivity index (χ0v) is 27.1. The summed E-state index contributed by atoms with van der Waals surface area (Å²) in [7, 11) is 0. The molecular weight excluding hydrogens is 444 g/mol. The molecule has 0 aromatic rings. The van der Waals surface area contributed by atoms with E-state index >= 15 is 0 Å².